The zero-order valence-corrected chi connectivity index (χ0v) is 14.6. The number of nitrogens with one attached hydrogen (secondary N) is 1. The minimum Gasteiger partial charge on any atom is -0.310 e. The highest BCUT2D eigenvalue weighted by atomic mass is 79.9. The molecule has 0 radical (unpaired) electrons. The van der Waals surface area contributed by atoms with Gasteiger partial charge in [0.05, 0.1) is 5.69 Å². The summed E-state index contributed by atoms with van der Waals surface area (Å²) in [5.74, 6) is 0. The number of benzene rings is 1. The average Bonchev–Trinajstić information content (AvgIpc) is 2.93. The van der Waals surface area contributed by atoms with Crippen LogP contribution in [0.1, 0.15) is 50.5 Å². The Morgan fingerprint density at radius 1 is 1.24 bits per heavy atom. The van der Waals surface area contributed by atoms with Gasteiger partial charge >= 0.3 is 0 Å². The van der Waals surface area contributed by atoms with Crippen LogP contribution in [-0.2, 0) is 6.42 Å². The number of rotatable bonds is 7. The van der Waals surface area contributed by atoms with E-state index in [4.69, 9.17) is 0 Å². The smallest absolute Gasteiger partial charge is 0.0643 e. The first-order chi connectivity index (χ1) is 10.1. The van der Waals surface area contributed by atoms with Crippen LogP contribution in [0.5, 0.6) is 0 Å². The van der Waals surface area contributed by atoms with Crippen LogP contribution in [0, 0.1) is 0 Å². The van der Waals surface area contributed by atoms with Crippen LogP contribution >= 0.6 is 15.9 Å². The summed E-state index contributed by atoms with van der Waals surface area (Å²) in [6.07, 6.45) is 4.10. The van der Waals surface area contributed by atoms with Gasteiger partial charge < -0.3 is 5.32 Å². The Hall–Kier alpha value is -1.13. The SMILES string of the molecule is CCCNC(Cc1ccn(C(C)C)n1)c1ccccc1Br. The van der Waals surface area contributed by atoms with Crippen LogP contribution < -0.4 is 5.32 Å². The summed E-state index contributed by atoms with van der Waals surface area (Å²) in [5, 5.41) is 8.31. The summed E-state index contributed by atoms with van der Waals surface area (Å²) < 4.78 is 3.17. The highest BCUT2D eigenvalue weighted by Crippen LogP contribution is 2.25. The fourth-order valence-corrected chi connectivity index (χ4v) is 2.91. The van der Waals surface area contributed by atoms with Gasteiger partial charge in [-0.3, -0.25) is 4.68 Å². The fourth-order valence-electron chi connectivity index (χ4n) is 2.35. The molecule has 114 valence electrons. The Labute approximate surface area is 135 Å². The predicted molar refractivity (Wildman–Crippen MR) is 91.5 cm³/mol. The molecule has 0 aliphatic carbocycles. The predicted octanol–water partition coefficient (Wildman–Crippen LogP) is 4.51. The van der Waals surface area contributed by atoms with Crippen molar-refractivity contribution in [3.05, 3.63) is 52.3 Å². The lowest BCUT2D eigenvalue weighted by Gasteiger charge is -2.19. The van der Waals surface area contributed by atoms with E-state index in [1.165, 1.54) is 5.56 Å². The molecule has 1 aromatic heterocycles. The zero-order chi connectivity index (χ0) is 15.2. The average molecular weight is 350 g/mol. The molecule has 1 heterocycles. The van der Waals surface area contributed by atoms with E-state index in [-0.39, 0.29) is 6.04 Å². The molecule has 3 nitrogen and oxygen atoms in total. The first-order valence-corrected chi connectivity index (χ1v) is 8.43. The van der Waals surface area contributed by atoms with Gasteiger partial charge in [0.15, 0.2) is 0 Å². The van der Waals surface area contributed by atoms with E-state index < -0.39 is 0 Å². The van der Waals surface area contributed by atoms with E-state index in [0.717, 1.165) is 29.6 Å². The third kappa shape index (κ3) is 4.42. The molecule has 1 unspecified atom stereocenters. The summed E-state index contributed by atoms with van der Waals surface area (Å²) in [7, 11) is 0. The molecule has 0 bridgehead atoms. The second-order valence-corrected chi connectivity index (χ2v) is 6.47. The topological polar surface area (TPSA) is 29.9 Å². The van der Waals surface area contributed by atoms with Crippen molar-refractivity contribution >= 4 is 15.9 Å². The molecule has 1 aromatic carbocycles. The minimum atomic E-state index is 0.288. The van der Waals surface area contributed by atoms with Crippen molar-refractivity contribution in [2.45, 2.75) is 45.7 Å². The van der Waals surface area contributed by atoms with E-state index >= 15 is 0 Å². The van der Waals surface area contributed by atoms with Crippen molar-refractivity contribution in [2.24, 2.45) is 0 Å². The summed E-state index contributed by atoms with van der Waals surface area (Å²) in [5.41, 5.74) is 2.43. The van der Waals surface area contributed by atoms with E-state index in [1.807, 2.05) is 4.68 Å². The number of hydrogen-bond donors (Lipinski definition) is 1. The maximum atomic E-state index is 4.67. The Morgan fingerprint density at radius 2 is 2.00 bits per heavy atom. The maximum absolute atomic E-state index is 4.67. The standard InChI is InChI=1S/C17H24BrN3/c1-4-10-19-17(15-7-5-6-8-16(15)18)12-14-9-11-21(20-14)13(2)3/h5-9,11,13,17,19H,4,10,12H2,1-3H3. The van der Waals surface area contributed by atoms with Crippen molar-refractivity contribution in [1.29, 1.82) is 0 Å². The molecular formula is C17H24BrN3. The molecule has 21 heavy (non-hydrogen) atoms. The van der Waals surface area contributed by atoms with E-state index in [2.05, 4.69) is 83.6 Å². The van der Waals surface area contributed by atoms with Crippen molar-refractivity contribution in [1.82, 2.24) is 15.1 Å². The number of nitrogens with zero attached hydrogens (tertiary/aromatic N) is 2. The fraction of sp³-hybridized carbons (Fsp3) is 0.471. The van der Waals surface area contributed by atoms with Gasteiger partial charge in [0.2, 0.25) is 0 Å². The van der Waals surface area contributed by atoms with Crippen molar-refractivity contribution in [3.8, 4) is 0 Å². The molecule has 2 aromatic rings. The van der Waals surface area contributed by atoms with Crippen molar-refractivity contribution in [2.75, 3.05) is 6.54 Å². The normalized spacial score (nSPS) is 12.8. The van der Waals surface area contributed by atoms with Crippen LogP contribution in [0.3, 0.4) is 0 Å². The third-order valence-electron chi connectivity index (χ3n) is 3.53. The molecule has 1 atom stereocenters. The number of aromatic nitrogens is 2. The second kappa shape index (κ2) is 7.76. The van der Waals surface area contributed by atoms with Gasteiger partial charge in [0.25, 0.3) is 0 Å². The van der Waals surface area contributed by atoms with Gasteiger partial charge in [-0.1, -0.05) is 41.1 Å². The van der Waals surface area contributed by atoms with Gasteiger partial charge in [-0.15, -0.1) is 0 Å². The summed E-state index contributed by atoms with van der Waals surface area (Å²) in [6.45, 7) is 7.50. The van der Waals surface area contributed by atoms with Crippen LogP contribution in [-0.4, -0.2) is 16.3 Å². The van der Waals surface area contributed by atoms with Gasteiger partial charge in [0.1, 0.15) is 0 Å². The first-order valence-electron chi connectivity index (χ1n) is 7.63. The monoisotopic (exact) mass is 349 g/mol. The van der Waals surface area contributed by atoms with Crippen molar-refractivity contribution in [3.63, 3.8) is 0 Å². The van der Waals surface area contributed by atoms with E-state index in [0.29, 0.717) is 6.04 Å². The van der Waals surface area contributed by atoms with Crippen LogP contribution in [0.2, 0.25) is 0 Å². The minimum absolute atomic E-state index is 0.288. The molecule has 1 N–H and O–H groups in total. The van der Waals surface area contributed by atoms with E-state index in [1.54, 1.807) is 0 Å². The summed E-state index contributed by atoms with van der Waals surface area (Å²) >= 11 is 3.67. The van der Waals surface area contributed by atoms with E-state index in [9.17, 15) is 0 Å². The number of halogens is 1. The lowest BCUT2D eigenvalue weighted by molar-refractivity contribution is 0.498. The lowest BCUT2D eigenvalue weighted by Crippen LogP contribution is -2.24. The summed E-state index contributed by atoms with van der Waals surface area (Å²) in [6, 6.07) is 11.2. The molecule has 0 aliphatic rings. The maximum Gasteiger partial charge on any atom is 0.0643 e. The Bertz CT molecular complexity index is 563. The Morgan fingerprint density at radius 3 is 2.62 bits per heavy atom. The Balaban J connectivity index is 2.18. The van der Waals surface area contributed by atoms with Gasteiger partial charge in [-0.2, -0.15) is 5.10 Å². The molecule has 0 amide bonds. The Kier molecular flexibility index (Phi) is 6.00. The molecule has 0 aliphatic heterocycles. The zero-order valence-electron chi connectivity index (χ0n) is 13.0. The van der Waals surface area contributed by atoms with Crippen molar-refractivity contribution < 1.29 is 0 Å². The highest BCUT2D eigenvalue weighted by Gasteiger charge is 2.16. The van der Waals surface area contributed by atoms with Crippen LogP contribution in [0.15, 0.2) is 41.0 Å². The molecule has 2 rings (SSSR count). The molecule has 0 saturated carbocycles. The lowest BCUT2D eigenvalue weighted by atomic mass is 10.0. The largest absolute Gasteiger partial charge is 0.310 e. The second-order valence-electron chi connectivity index (χ2n) is 5.61. The van der Waals surface area contributed by atoms with Gasteiger partial charge in [-0.25, -0.2) is 0 Å². The molecule has 0 fully saturated rings. The quantitative estimate of drug-likeness (QED) is 0.796. The molecular weight excluding hydrogens is 326 g/mol. The third-order valence-corrected chi connectivity index (χ3v) is 4.25. The van der Waals surface area contributed by atoms with Crippen LogP contribution in [0.25, 0.3) is 0 Å². The number of hydrogen-bond acceptors (Lipinski definition) is 2. The first kappa shape index (κ1) is 16.2. The van der Waals surface area contributed by atoms with Gasteiger partial charge in [0, 0.05) is 29.2 Å². The van der Waals surface area contributed by atoms with Crippen LogP contribution in [0.4, 0.5) is 0 Å². The molecule has 4 heteroatoms. The highest BCUT2D eigenvalue weighted by molar-refractivity contribution is 9.10. The summed E-state index contributed by atoms with van der Waals surface area (Å²) in [4.78, 5) is 0. The molecule has 0 spiro atoms. The molecule has 0 saturated heterocycles. The van der Waals surface area contributed by atoms with Gasteiger partial charge in [-0.05, 0) is 44.5 Å².